The van der Waals surface area contributed by atoms with Crippen molar-refractivity contribution in [2.24, 2.45) is 21.8 Å². The van der Waals surface area contributed by atoms with E-state index in [9.17, 15) is 0 Å². The molecule has 2 nitrogen and oxygen atoms in total. The second-order valence-corrected chi connectivity index (χ2v) is 12.3. The van der Waals surface area contributed by atoms with E-state index in [1.807, 2.05) is 12.4 Å². The first kappa shape index (κ1) is 33.6. The molecule has 39 heavy (non-hydrogen) atoms. The van der Waals surface area contributed by atoms with Crippen LogP contribution in [0.2, 0.25) is 0 Å². The van der Waals surface area contributed by atoms with E-state index in [0.29, 0.717) is 11.8 Å². The molecular formula is C37H63N2+. The molecule has 0 amide bonds. The van der Waals surface area contributed by atoms with Gasteiger partial charge >= 0.3 is 0 Å². The number of hydrogen-bond acceptors (Lipinski definition) is 2. The van der Waals surface area contributed by atoms with Gasteiger partial charge in [0.1, 0.15) is 0 Å². The molecule has 1 aliphatic rings. The van der Waals surface area contributed by atoms with Crippen molar-refractivity contribution in [2.75, 3.05) is 0 Å². The van der Waals surface area contributed by atoms with Crippen molar-refractivity contribution in [1.29, 1.82) is 0 Å². The van der Waals surface area contributed by atoms with Crippen LogP contribution in [0.3, 0.4) is 0 Å². The SMILES string of the molecule is CCCCCCCCCCCCCCCCC(Cc1ccccc1)C(CCCCCCCCC)[C+]1N=CC=N1. The Morgan fingerprint density at radius 3 is 1.38 bits per heavy atom. The summed E-state index contributed by atoms with van der Waals surface area (Å²) in [6, 6.07) is 11.2. The summed E-state index contributed by atoms with van der Waals surface area (Å²) in [5.41, 5.74) is 1.48. The number of unbranched alkanes of at least 4 members (excludes halogenated alkanes) is 19. The van der Waals surface area contributed by atoms with Gasteiger partial charge in [-0.05, 0) is 30.7 Å². The van der Waals surface area contributed by atoms with Crippen LogP contribution >= 0.6 is 0 Å². The van der Waals surface area contributed by atoms with Crippen LogP contribution in [0.15, 0.2) is 40.3 Å². The van der Waals surface area contributed by atoms with Crippen molar-refractivity contribution in [3.63, 3.8) is 0 Å². The van der Waals surface area contributed by atoms with E-state index in [2.05, 4.69) is 44.2 Å². The Morgan fingerprint density at radius 2 is 0.923 bits per heavy atom. The Balaban J connectivity index is 1.71. The standard InChI is InChI=1S/C37H63N2/c1-3-5-7-9-11-12-13-14-15-16-17-19-20-25-29-35(33-34-27-23-22-24-28-34)36(37-38-31-32-39-37)30-26-21-18-10-8-6-4-2/h22-24,27-28,31-32,35-36H,3-21,25-26,29-30,33H2,1-2H3/q+1. The molecule has 0 aromatic heterocycles. The molecule has 220 valence electrons. The van der Waals surface area contributed by atoms with Gasteiger partial charge in [0.25, 0.3) is 0 Å². The molecule has 0 bridgehead atoms. The molecule has 2 heteroatoms. The maximum atomic E-state index is 4.73. The minimum absolute atomic E-state index is 0.498. The highest BCUT2D eigenvalue weighted by atomic mass is 15.0. The summed E-state index contributed by atoms with van der Waals surface area (Å²) in [4.78, 5) is 9.45. The second-order valence-electron chi connectivity index (χ2n) is 12.3. The molecule has 0 N–H and O–H groups in total. The van der Waals surface area contributed by atoms with Gasteiger partial charge in [0.2, 0.25) is 6.17 Å². The van der Waals surface area contributed by atoms with Gasteiger partial charge in [-0.2, -0.15) is 0 Å². The molecule has 0 fully saturated rings. The topological polar surface area (TPSA) is 24.7 Å². The molecule has 1 aliphatic heterocycles. The molecule has 1 aromatic rings. The summed E-state index contributed by atoms with van der Waals surface area (Å²) in [7, 11) is 0. The molecule has 0 saturated heterocycles. The molecule has 2 rings (SSSR count). The summed E-state index contributed by atoms with van der Waals surface area (Å²) >= 11 is 0. The quantitative estimate of drug-likeness (QED) is 0.0790. The molecule has 0 radical (unpaired) electrons. The Bertz CT molecular complexity index is 697. The van der Waals surface area contributed by atoms with Gasteiger partial charge < -0.3 is 0 Å². The Labute approximate surface area is 244 Å². The summed E-state index contributed by atoms with van der Waals surface area (Å²) in [6.07, 6.45) is 38.2. The fraction of sp³-hybridized carbons (Fsp3) is 0.757. The van der Waals surface area contributed by atoms with Crippen molar-refractivity contribution in [3.8, 4) is 0 Å². The maximum absolute atomic E-state index is 4.73. The third kappa shape index (κ3) is 17.0. The molecule has 0 spiro atoms. The van der Waals surface area contributed by atoms with Gasteiger partial charge in [-0.25, -0.2) is 0 Å². The normalized spacial score (nSPS) is 14.4. The molecule has 2 unspecified atom stereocenters. The van der Waals surface area contributed by atoms with E-state index < -0.39 is 0 Å². The highest BCUT2D eigenvalue weighted by molar-refractivity contribution is 6.18. The van der Waals surface area contributed by atoms with Crippen molar-refractivity contribution in [3.05, 3.63) is 42.1 Å². The van der Waals surface area contributed by atoms with Crippen molar-refractivity contribution < 1.29 is 0 Å². The molecule has 1 aromatic carbocycles. The lowest BCUT2D eigenvalue weighted by molar-refractivity contribution is 0.284. The molecule has 0 aliphatic carbocycles. The molecule has 0 saturated carbocycles. The van der Waals surface area contributed by atoms with E-state index in [0.717, 1.165) is 12.6 Å². The highest BCUT2D eigenvalue weighted by Crippen LogP contribution is 2.37. The Kier molecular flexibility index (Phi) is 20.9. The Morgan fingerprint density at radius 1 is 0.513 bits per heavy atom. The second kappa shape index (κ2) is 24.2. The van der Waals surface area contributed by atoms with Crippen LogP contribution in [0.5, 0.6) is 0 Å². The number of benzene rings is 1. The van der Waals surface area contributed by atoms with Crippen molar-refractivity contribution in [2.45, 2.75) is 168 Å². The summed E-state index contributed by atoms with van der Waals surface area (Å²) in [5.74, 6) is 1.14. The fourth-order valence-electron chi connectivity index (χ4n) is 6.30. The van der Waals surface area contributed by atoms with E-state index in [-0.39, 0.29) is 0 Å². The van der Waals surface area contributed by atoms with Crippen molar-refractivity contribution >= 4 is 12.4 Å². The average molecular weight is 536 g/mol. The first-order valence-electron chi connectivity index (χ1n) is 17.3. The van der Waals surface area contributed by atoms with Gasteiger partial charge in [0, 0.05) is 0 Å². The van der Waals surface area contributed by atoms with Crippen LogP contribution in [0.1, 0.15) is 167 Å². The molecule has 2 atom stereocenters. The number of rotatable bonds is 27. The van der Waals surface area contributed by atoms with E-state index in [1.54, 1.807) is 0 Å². The summed E-state index contributed by atoms with van der Waals surface area (Å²) in [5, 5.41) is 0. The van der Waals surface area contributed by atoms with E-state index >= 15 is 0 Å². The van der Waals surface area contributed by atoms with Gasteiger partial charge in [-0.3, -0.25) is 0 Å². The summed E-state index contributed by atoms with van der Waals surface area (Å²) in [6.45, 7) is 4.60. The van der Waals surface area contributed by atoms with Crippen LogP contribution < -0.4 is 0 Å². The lowest BCUT2D eigenvalue weighted by atomic mass is 9.78. The Hall–Kier alpha value is -1.57. The van der Waals surface area contributed by atoms with Gasteiger partial charge in [-0.15, -0.1) is 0 Å². The largest absolute Gasteiger partial charge is 0.244 e. The number of hydrogen-bond donors (Lipinski definition) is 0. The minimum Gasteiger partial charge on any atom is -0.0965 e. The van der Waals surface area contributed by atoms with Gasteiger partial charge in [0.15, 0.2) is 12.4 Å². The fourth-order valence-corrected chi connectivity index (χ4v) is 6.30. The lowest BCUT2D eigenvalue weighted by Gasteiger charge is -2.26. The maximum Gasteiger partial charge on any atom is 0.244 e. The van der Waals surface area contributed by atoms with Crippen LogP contribution in [0.4, 0.5) is 0 Å². The van der Waals surface area contributed by atoms with E-state index in [4.69, 9.17) is 9.98 Å². The zero-order chi connectivity index (χ0) is 27.6. The first-order chi connectivity index (χ1) is 19.3. The molecule has 1 heterocycles. The first-order valence-corrected chi connectivity index (χ1v) is 17.3. The lowest BCUT2D eigenvalue weighted by Crippen LogP contribution is -2.22. The van der Waals surface area contributed by atoms with Crippen molar-refractivity contribution in [1.82, 2.24) is 0 Å². The van der Waals surface area contributed by atoms with Crippen LogP contribution in [-0.4, -0.2) is 12.4 Å². The summed E-state index contributed by atoms with van der Waals surface area (Å²) < 4.78 is 0. The van der Waals surface area contributed by atoms with Crippen LogP contribution in [0, 0.1) is 18.0 Å². The highest BCUT2D eigenvalue weighted by Gasteiger charge is 2.35. The van der Waals surface area contributed by atoms with Gasteiger partial charge in [0.05, 0.1) is 5.92 Å². The van der Waals surface area contributed by atoms with E-state index in [1.165, 1.54) is 153 Å². The third-order valence-corrected chi connectivity index (χ3v) is 8.77. The average Bonchev–Trinajstić information content (AvgIpc) is 3.49. The van der Waals surface area contributed by atoms with Crippen LogP contribution in [0.25, 0.3) is 0 Å². The van der Waals surface area contributed by atoms with Crippen LogP contribution in [-0.2, 0) is 6.42 Å². The van der Waals surface area contributed by atoms with Gasteiger partial charge in [-0.1, -0.05) is 189 Å². The molecular weight excluding hydrogens is 472 g/mol. The number of aliphatic imine (C=N–C) groups is 2. The predicted octanol–water partition coefficient (Wildman–Crippen LogP) is 12.1. The monoisotopic (exact) mass is 535 g/mol. The smallest absolute Gasteiger partial charge is 0.0965 e. The minimum atomic E-state index is 0.498. The number of nitrogens with zero attached hydrogens (tertiary/aromatic N) is 2. The third-order valence-electron chi connectivity index (χ3n) is 8.77. The zero-order valence-corrected chi connectivity index (χ0v) is 26.1. The predicted molar refractivity (Wildman–Crippen MR) is 175 cm³/mol. The zero-order valence-electron chi connectivity index (χ0n) is 26.1.